The van der Waals surface area contributed by atoms with Gasteiger partial charge < -0.3 is 5.32 Å². The molecule has 0 bridgehead atoms. The number of aryl methyl sites for hydroxylation is 1. The molecule has 0 aliphatic heterocycles. The van der Waals surface area contributed by atoms with E-state index in [2.05, 4.69) is 39.9 Å². The summed E-state index contributed by atoms with van der Waals surface area (Å²) in [4.78, 5) is 16.9. The van der Waals surface area contributed by atoms with Gasteiger partial charge in [-0.3, -0.25) is 4.79 Å². The average Bonchev–Trinajstić information content (AvgIpc) is 3.35. The lowest BCUT2D eigenvalue weighted by molar-refractivity contribution is -0.120. The van der Waals surface area contributed by atoms with Crippen LogP contribution in [0.3, 0.4) is 0 Å². The summed E-state index contributed by atoms with van der Waals surface area (Å²) in [5.41, 5.74) is 4.62. The van der Waals surface area contributed by atoms with E-state index in [1.54, 1.807) is 11.3 Å². The minimum Gasteiger partial charge on any atom is -0.355 e. The maximum absolute atomic E-state index is 12.4. The number of carbonyl (C=O) groups is 1. The summed E-state index contributed by atoms with van der Waals surface area (Å²) >= 11 is 1.65. The number of nitrogens with one attached hydrogen (secondary N) is 1. The molecule has 3 aromatic rings. The third-order valence-electron chi connectivity index (χ3n) is 5.10. The van der Waals surface area contributed by atoms with Crippen LogP contribution in [0.25, 0.3) is 11.3 Å². The van der Waals surface area contributed by atoms with Crippen LogP contribution in [0.2, 0.25) is 0 Å². The molecule has 4 heteroatoms. The zero-order valence-corrected chi connectivity index (χ0v) is 15.7. The first-order valence-corrected chi connectivity index (χ1v) is 9.86. The van der Waals surface area contributed by atoms with E-state index >= 15 is 0 Å². The van der Waals surface area contributed by atoms with E-state index in [1.807, 2.05) is 37.3 Å². The van der Waals surface area contributed by atoms with Crippen LogP contribution in [0, 0.1) is 6.92 Å². The monoisotopic (exact) mass is 362 g/mol. The molecule has 1 fully saturated rings. The molecule has 0 radical (unpaired) electrons. The molecule has 132 valence electrons. The first-order chi connectivity index (χ1) is 12.6. The molecule has 1 saturated carbocycles. The second-order valence-corrected chi connectivity index (χ2v) is 8.11. The number of hydrogen-bond donors (Lipinski definition) is 1. The summed E-state index contributed by atoms with van der Waals surface area (Å²) in [6.45, 7) is 2.74. The SMILES string of the molecule is Cc1nc(-c2ccc(CC(=O)NCC3(c4ccccc4)CC3)cc2)cs1. The standard InChI is InChI=1S/C22H22N2OS/c1-16-24-20(14-26-16)18-9-7-17(8-10-18)13-21(25)23-15-22(11-12-22)19-5-3-2-4-6-19/h2-10,14H,11-13,15H2,1H3,(H,23,25). The number of amides is 1. The van der Waals surface area contributed by atoms with Crippen molar-refractivity contribution in [3.8, 4) is 11.3 Å². The number of carbonyl (C=O) groups excluding carboxylic acids is 1. The zero-order valence-electron chi connectivity index (χ0n) is 14.9. The Morgan fingerprint density at radius 1 is 1.12 bits per heavy atom. The van der Waals surface area contributed by atoms with E-state index in [4.69, 9.17) is 0 Å². The Labute approximate surface area is 158 Å². The zero-order chi connectivity index (χ0) is 18.0. The largest absolute Gasteiger partial charge is 0.355 e. The van der Waals surface area contributed by atoms with Gasteiger partial charge in [0.2, 0.25) is 5.91 Å². The molecule has 1 aliphatic rings. The van der Waals surface area contributed by atoms with Crippen LogP contribution in [-0.2, 0) is 16.6 Å². The average molecular weight is 362 g/mol. The molecule has 0 saturated heterocycles. The van der Waals surface area contributed by atoms with Crippen molar-refractivity contribution < 1.29 is 4.79 Å². The van der Waals surface area contributed by atoms with E-state index < -0.39 is 0 Å². The van der Waals surface area contributed by atoms with Crippen LogP contribution in [0.4, 0.5) is 0 Å². The number of nitrogens with zero attached hydrogens (tertiary/aromatic N) is 1. The second kappa shape index (κ2) is 7.04. The van der Waals surface area contributed by atoms with Crippen molar-refractivity contribution in [1.29, 1.82) is 0 Å². The van der Waals surface area contributed by atoms with Gasteiger partial charge in [-0.25, -0.2) is 4.98 Å². The molecule has 0 unspecified atom stereocenters. The van der Waals surface area contributed by atoms with E-state index in [9.17, 15) is 4.79 Å². The summed E-state index contributed by atoms with van der Waals surface area (Å²) in [7, 11) is 0. The van der Waals surface area contributed by atoms with Crippen LogP contribution in [-0.4, -0.2) is 17.4 Å². The molecule has 1 aliphatic carbocycles. The van der Waals surface area contributed by atoms with Gasteiger partial charge in [-0.05, 0) is 30.9 Å². The molecule has 4 rings (SSSR count). The fourth-order valence-electron chi connectivity index (χ4n) is 3.32. The molecule has 1 heterocycles. The van der Waals surface area contributed by atoms with Gasteiger partial charge in [0.1, 0.15) is 0 Å². The van der Waals surface area contributed by atoms with Crippen LogP contribution < -0.4 is 5.32 Å². The van der Waals surface area contributed by atoms with Crippen LogP contribution in [0.15, 0.2) is 60.0 Å². The lowest BCUT2D eigenvalue weighted by Gasteiger charge is -2.16. The molecule has 1 amide bonds. The van der Waals surface area contributed by atoms with Gasteiger partial charge in [0.05, 0.1) is 17.1 Å². The van der Waals surface area contributed by atoms with Crippen molar-refractivity contribution in [1.82, 2.24) is 10.3 Å². The lowest BCUT2D eigenvalue weighted by Crippen LogP contribution is -2.33. The van der Waals surface area contributed by atoms with Crippen LogP contribution >= 0.6 is 11.3 Å². The highest BCUT2D eigenvalue weighted by Gasteiger charge is 2.44. The van der Waals surface area contributed by atoms with Crippen molar-refractivity contribution in [2.24, 2.45) is 0 Å². The maximum atomic E-state index is 12.4. The molecular weight excluding hydrogens is 340 g/mol. The predicted octanol–water partition coefficient (Wildman–Crippen LogP) is 4.51. The van der Waals surface area contributed by atoms with E-state index in [0.29, 0.717) is 6.42 Å². The Morgan fingerprint density at radius 2 is 1.85 bits per heavy atom. The van der Waals surface area contributed by atoms with E-state index in [1.165, 1.54) is 5.56 Å². The van der Waals surface area contributed by atoms with Gasteiger partial charge in [-0.15, -0.1) is 11.3 Å². The first-order valence-electron chi connectivity index (χ1n) is 8.98. The van der Waals surface area contributed by atoms with Gasteiger partial charge in [0.15, 0.2) is 0 Å². The van der Waals surface area contributed by atoms with Crippen molar-refractivity contribution in [2.75, 3.05) is 6.54 Å². The molecule has 2 aromatic carbocycles. The summed E-state index contributed by atoms with van der Waals surface area (Å²) in [6, 6.07) is 18.6. The highest BCUT2D eigenvalue weighted by atomic mass is 32.1. The Hall–Kier alpha value is -2.46. The Morgan fingerprint density at radius 3 is 2.46 bits per heavy atom. The Kier molecular flexibility index (Phi) is 4.60. The summed E-state index contributed by atoms with van der Waals surface area (Å²) in [5, 5.41) is 6.26. The summed E-state index contributed by atoms with van der Waals surface area (Å²) in [6.07, 6.45) is 2.72. The lowest BCUT2D eigenvalue weighted by atomic mass is 9.96. The van der Waals surface area contributed by atoms with Gasteiger partial charge in [-0.2, -0.15) is 0 Å². The van der Waals surface area contributed by atoms with Crippen molar-refractivity contribution in [3.63, 3.8) is 0 Å². The molecule has 26 heavy (non-hydrogen) atoms. The number of thiazole rings is 1. The Balaban J connectivity index is 1.34. The number of aromatic nitrogens is 1. The quantitative estimate of drug-likeness (QED) is 0.701. The maximum Gasteiger partial charge on any atom is 0.224 e. The first kappa shape index (κ1) is 17.0. The van der Waals surface area contributed by atoms with Gasteiger partial charge in [-0.1, -0.05) is 54.6 Å². The fraction of sp³-hybridized carbons (Fsp3) is 0.273. The summed E-state index contributed by atoms with van der Waals surface area (Å²) in [5.74, 6) is 0.0875. The third-order valence-corrected chi connectivity index (χ3v) is 5.87. The van der Waals surface area contributed by atoms with E-state index in [-0.39, 0.29) is 11.3 Å². The molecule has 1 N–H and O–H groups in total. The number of hydrogen-bond acceptors (Lipinski definition) is 3. The van der Waals surface area contributed by atoms with Gasteiger partial charge in [0.25, 0.3) is 0 Å². The summed E-state index contributed by atoms with van der Waals surface area (Å²) < 4.78 is 0. The smallest absolute Gasteiger partial charge is 0.224 e. The second-order valence-electron chi connectivity index (χ2n) is 7.05. The highest BCUT2D eigenvalue weighted by Crippen LogP contribution is 2.47. The highest BCUT2D eigenvalue weighted by molar-refractivity contribution is 7.09. The minimum atomic E-state index is 0.0875. The fourth-order valence-corrected chi connectivity index (χ4v) is 3.94. The van der Waals surface area contributed by atoms with Crippen molar-refractivity contribution in [2.45, 2.75) is 31.6 Å². The van der Waals surface area contributed by atoms with Crippen molar-refractivity contribution in [3.05, 3.63) is 76.1 Å². The molecule has 0 spiro atoms. The minimum absolute atomic E-state index is 0.0875. The predicted molar refractivity (Wildman–Crippen MR) is 106 cm³/mol. The van der Waals surface area contributed by atoms with Gasteiger partial charge in [0, 0.05) is 22.9 Å². The van der Waals surface area contributed by atoms with Crippen LogP contribution in [0.5, 0.6) is 0 Å². The normalized spacial score (nSPS) is 14.8. The third kappa shape index (κ3) is 3.70. The number of benzene rings is 2. The molecule has 1 aromatic heterocycles. The molecular formula is C22H22N2OS. The van der Waals surface area contributed by atoms with E-state index in [0.717, 1.165) is 41.2 Å². The van der Waals surface area contributed by atoms with Crippen LogP contribution in [0.1, 0.15) is 29.0 Å². The number of rotatable bonds is 6. The molecule has 3 nitrogen and oxygen atoms in total. The molecule has 0 atom stereocenters. The Bertz CT molecular complexity index is 895. The van der Waals surface area contributed by atoms with Crippen molar-refractivity contribution >= 4 is 17.2 Å². The topological polar surface area (TPSA) is 42.0 Å². The van der Waals surface area contributed by atoms with Gasteiger partial charge >= 0.3 is 0 Å².